The number of nitrogens with one attached hydrogen (secondary N) is 4. The minimum absolute atomic E-state index is 0.491. The van der Waals surface area contributed by atoms with Crippen LogP contribution < -0.4 is 10.6 Å². The summed E-state index contributed by atoms with van der Waals surface area (Å²) in [7, 11) is 7.90. The van der Waals surface area contributed by atoms with Gasteiger partial charge in [0.05, 0.1) is 37.1 Å². The molecule has 4 N–H and O–H groups in total. The lowest BCUT2D eigenvalue weighted by atomic mass is 10.3. The number of imidazole rings is 2. The van der Waals surface area contributed by atoms with Crippen LogP contribution in [-0.2, 0) is 25.9 Å². The highest BCUT2D eigenvalue weighted by molar-refractivity contribution is 5.79. The smallest absolute Gasteiger partial charge is 0.193 e. The molecule has 0 saturated heterocycles. The molecule has 3 rings (SSSR count). The van der Waals surface area contributed by atoms with Gasteiger partial charge in [0.15, 0.2) is 11.9 Å². The Kier molecular flexibility index (Phi) is 9.44. The fourth-order valence-electron chi connectivity index (χ4n) is 3.19. The van der Waals surface area contributed by atoms with Crippen molar-refractivity contribution in [2.24, 2.45) is 9.98 Å². The molecule has 0 atom stereocenters. The Hall–Kier alpha value is -3.89. The number of H-pyrrole nitrogens is 2. The summed E-state index contributed by atoms with van der Waals surface area (Å²) >= 11 is 0. The third kappa shape index (κ3) is 8.23. The second-order valence-corrected chi connectivity index (χ2v) is 8.20. The fraction of sp³-hybridized carbons (Fsp3) is 0.435. The van der Waals surface area contributed by atoms with Crippen LogP contribution >= 0.6 is 0 Å². The van der Waals surface area contributed by atoms with Crippen molar-refractivity contribution in [3.8, 4) is 0 Å². The number of pyridine rings is 1. The Morgan fingerprint density at radius 3 is 1.65 bits per heavy atom. The Labute approximate surface area is 200 Å². The van der Waals surface area contributed by atoms with E-state index in [2.05, 4.69) is 30.6 Å². The van der Waals surface area contributed by atoms with Gasteiger partial charge in [0.2, 0.25) is 0 Å². The van der Waals surface area contributed by atoms with Crippen molar-refractivity contribution in [2.45, 2.75) is 25.9 Å². The Balaban J connectivity index is 1.54. The number of hydrogen-bond donors (Lipinski definition) is 4. The van der Waals surface area contributed by atoms with E-state index in [0.29, 0.717) is 13.1 Å². The van der Waals surface area contributed by atoms with E-state index in [1.54, 1.807) is 12.7 Å². The predicted octanol–water partition coefficient (Wildman–Crippen LogP) is 1.03. The summed E-state index contributed by atoms with van der Waals surface area (Å²) in [5, 5.41) is 6.77. The topological polar surface area (TPSA) is 126 Å². The molecule has 11 heteroatoms. The quantitative estimate of drug-likeness (QED) is 0.260. The molecule has 0 saturated carbocycles. The average Bonchev–Trinajstić information content (AvgIpc) is 3.52. The Morgan fingerprint density at radius 2 is 1.26 bits per heavy atom. The van der Waals surface area contributed by atoms with Crippen LogP contribution in [0, 0.1) is 0 Å². The van der Waals surface area contributed by atoms with Gasteiger partial charge in [-0.05, 0) is 12.1 Å². The number of nitrogens with zero attached hydrogens (tertiary/aromatic N) is 7. The van der Waals surface area contributed by atoms with Crippen molar-refractivity contribution in [3.63, 3.8) is 0 Å². The molecule has 34 heavy (non-hydrogen) atoms. The molecule has 0 aromatic carbocycles. The van der Waals surface area contributed by atoms with Gasteiger partial charge >= 0.3 is 0 Å². The molecule has 3 heterocycles. The summed E-state index contributed by atoms with van der Waals surface area (Å²) in [6.45, 7) is 2.51. The van der Waals surface area contributed by atoms with Crippen LogP contribution in [0.2, 0.25) is 0 Å². The van der Waals surface area contributed by atoms with Crippen molar-refractivity contribution >= 4 is 11.9 Å². The molecule has 0 spiro atoms. The molecule has 3 aromatic rings. The van der Waals surface area contributed by atoms with Gasteiger partial charge in [-0.15, -0.1) is 0 Å². The molecule has 0 fully saturated rings. The molecule has 0 unspecified atom stereocenters. The molecule has 3 aromatic heterocycles. The molecule has 11 nitrogen and oxygen atoms in total. The number of aliphatic imine (C=N–C) groups is 2. The largest absolute Gasteiger partial charge is 0.356 e. The SMILES string of the molecule is CN(C)C(=NCc1cccc(CN=C(NCCc2cnc[nH]2)N(C)C)n1)NCCc1cnc[nH]1. The summed E-state index contributed by atoms with van der Waals surface area (Å²) in [4.78, 5) is 32.4. The summed E-state index contributed by atoms with van der Waals surface area (Å²) < 4.78 is 0. The summed E-state index contributed by atoms with van der Waals surface area (Å²) in [5.74, 6) is 1.64. The van der Waals surface area contributed by atoms with Crippen LogP contribution in [-0.4, -0.2) is 87.9 Å². The lowest BCUT2D eigenvalue weighted by Gasteiger charge is -2.18. The highest BCUT2D eigenvalue weighted by Crippen LogP contribution is 2.04. The zero-order chi connectivity index (χ0) is 24.2. The molecule has 0 aliphatic rings. The minimum atomic E-state index is 0.491. The van der Waals surface area contributed by atoms with Gasteiger partial charge in [0.1, 0.15) is 0 Å². The number of hydrogen-bond acceptors (Lipinski definition) is 5. The van der Waals surface area contributed by atoms with Crippen LogP contribution in [0.5, 0.6) is 0 Å². The fourth-order valence-corrected chi connectivity index (χ4v) is 3.19. The van der Waals surface area contributed by atoms with E-state index >= 15 is 0 Å². The van der Waals surface area contributed by atoms with E-state index in [0.717, 1.165) is 60.6 Å². The first-order chi connectivity index (χ1) is 16.5. The van der Waals surface area contributed by atoms with Gasteiger partial charge in [-0.3, -0.25) is 4.98 Å². The van der Waals surface area contributed by atoms with Crippen LogP contribution in [0.3, 0.4) is 0 Å². The van der Waals surface area contributed by atoms with Crippen LogP contribution in [0.4, 0.5) is 0 Å². The number of aromatic nitrogens is 5. The maximum Gasteiger partial charge on any atom is 0.193 e. The average molecular weight is 466 g/mol. The lowest BCUT2D eigenvalue weighted by molar-refractivity contribution is 0.577. The van der Waals surface area contributed by atoms with E-state index in [4.69, 9.17) is 15.0 Å². The Morgan fingerprint density at radius 1 is 0.794 bits per heavy atom. The van der Waals surface area contributed by atoms with Gasteiger partial charge < -0.3 is 30.4 Å². The van der Waals surface area contributed by atoms with Crippen molar-refractivity contribution in [2.75, 3.05) is 41.3 Å². The van der Waals surface area contributed by atoms with Crippen molar-refractivity contribution in [3.05, 3.63) is 66.0 Å². The number of guanidine groups is 2. The predicted molar refractivity (Wildman–Crippen MR) is 134 cm³/mol. The van der Waals surface area contributed by atoms with E-state index < -0.39 is 0 Å². The molecule has 0 radical (unpaired) electrons. The molecule has 0 bridgehead atoms. The molecular weight excluding hydrogens is 430 g/mol. The zero-order valence-electron chi connectivity index (χ0n) is 20.4. The summed E-state index contributed by atoms with van der Waals surface area (Å²) in [6.07, 6.45) is 8.76. The van der Waals surface area contributed by atoms with Crippen LogP contribution in [0.15, 0.2) is 53.2 Å². The van der Waals surface area contributed by atoms with Crippen LogP contribution in [0.25, 0.3) is 0 Å². The van der Waals surface area contributed by atoms with Gasteiger partial charge in [-0.2, -0.15) is 0 Å². The third-order valence-electron chi connectivity index (χ3n) is 4.96. The second-order valence-electron chi connectivity index (χ2n) is 8.20. The van der Waals surface area contributed by atoms with Gasteiger partial charge in [0.25, 0.3) is 0 Å². The molecule has 182 valence electrons. The number of aromatic amines is 2. The minimum Gasteiger partial charge on any atom is -0.356 e. The van der Waals surface area contributed by atoms with Crippen molar-refractivity contribution in [1.82, 2.24) is 45.4 Å². The third-order valence-corrected chi connectivity index (χ3v) is 4.96. The first-order valence-corrected chi connectivity index (χ1v) is 11.3. The van der Waals surface area contributed by atoms with E-state index in [9.17, 15) is 0 Å². The van der Waals surface area contributed by atoms with E-state index in [-0.39, 0.29) is 0 Å². The molecular formula is C23H35N11. The van der Waals surface area contributed by atoms with E-state index in [1.807, 2.05) is 68.6 Å². The maximum atomic E-state index is 4.74. The first-order valence-electron chi connectivity index (χ1n) is 11.3. The summed E-state index contributed by atoms with van der Waals surface area (Å²) in [5.41, 5.74) is 3.99. The van der Waals surface area contributed by atoms with Gasteiger partial charge in [-0.1, -0.05) is 6.07 Å². The van der Waals surface area contributed by atoms with Gasteiger partial charge in [-0.25, -0.2) is 20.0 Å². The van der Waals surface area contributed by atoms with Crippen molar-refractivity contribution < 1.29 is 0 Å². The maximum absolute atomic E-state index is 4.74. The molecule has 0 aliphatic carbocycles. The monoisotopic (exact) mass is 465 g/mol. The zero-order valence-corrected chi connectivity index (χ0v) is 20.4. The molecule has 0 amide bonds. The summed E-state index contributed by atoms with van der Waals surface area (Å²) in [6, 6.07) is 5.99. The van der Waals surface area contributed by atoms with Gasteiger partial charge in [0, 0.05) is 77.9 Å². The lowest BCUT2D eigenvalue weighted by Crippen LogP contribution is -2.37. The highest BCUT2D eigenvalue weighted by Gasteiger charge is 2.05. The molecule has 0 aliphatic heterocycles. The van der Waals surface area contributed by atoms with E-state index in [1.165, 1.54) is 0 Å². The number of rotatable bonds is 10. The van der Waals surface area contributed by atoms with Crippen molar-refractivity contribution in [1.29, 1.82) is 0 Å². The van der Waals surface area contributed by atoms with Crippen LogP contribution in [0.1, 0.15) is 22.8 Å². The normalized spacial score (nSPS) is 12.0. The second kappa shape index (κ2) is 13.0. The standard InChI is InChI=1S/C23H35N11/c1-33(2)22(26-10-8-18-12-24-16-30-18)28-14-20-6-5-7-21(32-20)15-29-23(34(3)4)27-11-9-19-13-25-17-31-19/h5-7,12-13,16-17H,8-11,14-15H2,1-4H3,(H,24,30)(H,25,31)(H,26,28)(H,27,29). The highest BCUT2D eigenvalue weighted by atomic mass is 15.3. The first kappa shape index (κ1) is 24.7. The Bertz CT molecular complexity index is 942.